The average Bonchev–Trinajstić information content (AvgIpc) is 2.50. The molecule has 0 bridgehead atoms. The van der Waals surface area contributed by atoms with Crippen LogP contribution >= 0.6 is 39.3 Å². The predicted molar refractivity (Wildman–Crippen MR) is 69.0 cm³/mol. The molecule has 3 nitrogen and oxygen atoms in total. The zero-order valence-corrected chi connectivity index (χ0v) is 11.9. The molecule has 0 aromatic carbocycles. The average molecular weight is 319 g/mol. The number of aryl methyl sites for hydroxylation is 2. The van der Waals surface area contributed by atoms with Crippen LogP contribution in [-0.4, -0.2) is 14.8 Å². The van der Waals surface area contributed by atoms with Gasteiger partial charge >= 0.3 is 0 Å². The fourth-order valence-electron chi connectivity index (χ4n) is 1.26. The number of pyridine rings is 1. The van der Waals surface area contributed by atoms with Gasteiger partial charge in [0.15, 0.2) is 0 Å². The van der Waals surface area contributed by atoms with Crippen molar-refractivity contribution in [1.29, 1.82) is 0 Å². The lowest BCUT2D eigenvalue weighted by atomic mass is 10.5. The summed E-state index contributed by atoms with van der Waals surface area (Å²) >= 11 is 10.9. The Labute approximate surface area is 111 Å². The fourth-order valence-corrected chi connectivity index (χ4v) is 2.87. The molecule has 6 heteroatoms. The van der Waals surface area contributed by atoms with Gasteiger partial charge in [-0.2, -0.15) is 5.10 Å². The van der Waals surface area contributed by atoms with Crippen molar-refractivity contribution in [2.24, 2.45) is 7.05 Å². The Hall–Kier alpha value is -0.520. The topological polar surface area (TPSA) is 30.7 Å². The molecule has 0 unspecified atom stereocenters. The highest BCUT2D eigenvalue weighted by Crippen LogP contribution is 2.32. The first-order chi connectivity index (χ1) is 7.56. The zero-order chi connectivity index (χ0) is 11.7. The van der Waals surface area contributed by atoms with Gasteiger partial charge < -0.3 is 0 Å². The molecule has 0 aliphatic heterocycles. The summed E-state index contributed by atoms with van der Waals surface area (Å²) in [6.07, 6.45) is 1.73. The van der Waals surface area contributed by atoms with Crippen LogP contribution < -0.4 is 0 Å². The first-order valence-electron chi connectivity index (χ1n) is 4.56. The van der Waals surface area contributed by atoms with Crippen molar-refractivity contribution in [2.75, 3.05) is 0 Å². The third-order valence-electron chi connectivity index (χ3n) is 1.93. The number of halogens is 2. The third kappa shape index (κ3) is 2.59. The van der Waals surface area contributed by atoms with Crippen molar-refractivity contribution in [1.82, 2.24) is 14.8 Å². The standard InChI is InChI=1S/C10H9BrClN3S/c1-6-3-9(15(2)14-6)16-10-8(12)4-7(11)5-13-10/h3-5H,1-2H3. The SMILES string of the molecule is Cc1cc(Sc2ncc(Br)cc2Cl)n(C)n1. The Kier molecular flexibility index (Phi) is 3.56. The highest BCUT2D eigenvalue weighted by atomic mass is 79.9. The highest BCUT2D eigenvalue weighted by molar-refractivity contribution is 9.10. The number of nitrogens with zero attached hydrogens (tertiary/aromatic N) is 3. The molecular formula is C10H9BrClN3S. The van der Waals surface area contributed by atoms with Gasteiger partial charge in [-0.3, -0.25) is 4.68 Å². The van der Waals surface area contributed by atoms with E-state index in [0.29, 0.717) is 5.02 Å². The minimum atomic E-state index is 0.637. The Morgan fingerprint density at radius 3 is 2.75 bits per heavy atom. The van der Waals surface area contributed by atoms with E-state index in [-0.39, 0.29) is 0 Å². The summed E-state index contributed by atoms with van der Waals surface area (Å²) in [5, 5.41) is 6.71. The molecule has 0 N–H and O–H groups in total. The van der Waals surface area contributed by atoms with Gasteiger partial charge in [0, 0.05) is 17.7 Å². The molecule has 16 heavy (non-hydrogen) atoms. The van der Waals surface area contributed by atoms with Crippen LogP contribution in [0.3, 0.4) is 0 Å². The molecule has 2 rings (SSSR count). The molecule has 0 aliphatic carbocycles. The van der Waals surface area contributed by atoms with Gasteiger partial charge in [0.05, 0.1) is 10.7 Å². The van der Waals surface area contributed by atoms with Gasteiger partial charge in [0.2, 0.25) is 0 Å². The summed E-state index contributed by atoms with van der Waals surface area (Å²) in [5.41, 5.74) is 0.984. The lowest BCUT2D eigenvalue weighted by Gasteiger charge is -2.03. The normalized spacial score (nSPS) is 10.8. The quantitative estimate of drug-likeness (QED) is 0.846. The summed E-state index contributed by atoms with van der Waals surface area (Å²) in [5.74, 6) is 0. The zero-order valence-electron chi connectivity index (χ0n) is 8.74. The molecule has 0 fully saturated rings. The molecule has 0 amide bonds. The molecule has 84 valence electrons. The van der Waals surface area contributed by atoms with Crippen LogP contribution in [0.1, 0.15) is 5.69 Å². The smallest absolute Gasteiger partial charge is 0.121 e. The van der Waals surface area contributed by atoms with Crippen molar-refractivity contribution in [3.8, 4) is 0 Å². The number of hydrogen-bond acceptors (Lipinski definition) is 3. The largest absolute Gasteiger partial charge is 0.261 e. The van der Waals surface area contributed by atoms with Gasteiger partial charge in [-0.25, -0.2) is 4.98 Å². The van der Waals surface area contributed by atoms with Crippen LogP contribution in [0.25, 0.3) is 0 Å². The maximum absolute atomic E-state index is 6.10. The lowest BCUT2D eigenvalue weighted by Crippen LogP contribution is -1.93. The van der Waals surface area contributed by atoms with Crippen LogP contribution in [0.2, 0.25) is 5.02 Å². The molecule has 0 atom stereocenters. The van der Waals surface area contributed by atoms with E-state index in [1.165, 1.54) is 11.8 Å². The summed E-state index contributed by atoms with van der Waals surface area (Å²) in [6.45, 7) is 1.96. The molecule has 2 heterocycles. The van der Waals surface area contributed by atoms with E-state index in [2.05, 4.69) is 26.0 Å². The molecule has 0 aliphatic rings. The first-order valence-corrected chi connectivity index (χ1v) is 6.54. The number of rotatable bonds is 2. The molecular weight excluding hydrogens is 310 g/mol. The summed E-state index contributed by atoms with van der Waals surface area (Å²) in [4.78, 5) is 4.27. The number of hydrogen-bond donors (Lipinski definition) is 0. The maximum Gasteiger partial charge on any atom is 0.121 e. The van der Waals surface area contributed by atoms with Crippen molar-refractivity contribution in [2.45, 2.75) is 17.0 Å². The summed E-state index contributed by atoms with van der Waals surface area (Å²) in [6, 6.07) is 3.84. The van der Waals surface area contributed by atoms with Crippen molar-refractivity contribution in [3.63, 3.8) is 0 Å². The Bertz CT molecular complexity index is 527. The second-order valence-electron chi connectivity index (χ2n) is 3.29. The lowest BCUT2D eigenvalue weighted by molar-refractivity contribution is 0.692. The minimum absolute atomic E-state index is 0.637. The molecule has 0 saturated heterocycles. The Morgan fingerprint density at radius 2 is 2.19 bits per heavy atom. The van der Waals surface area contributed by atoms with E-state index < -0.39 is 0 Å². The molecule has 2 aromatic rings. The van der Waals surface area contributed by atoms with E-state index in [4.69, 9.17) is 11.6 Å². The van der Waals surface area contributed by atoms with Gasteiger partial charge in [0.1, 0.15) is 10.1 Å². The van der Waals surface area contributed by atoms with E-state index in [1.54, 1.807) is 6.20 Å². The van der Waals surface area contributed by atoms with Crippen molar-refractivity contribution in [3.05, 3.63) is 33.5 Å². The van der Waals surface area contributed by atoms with Crippen molar-refractivity contribution < 1.29 is 0 Å². The Morgan fingerprint density at radius 1 is 1.44 bits per heavy atom. The van der Waals surface area contributed by atoms with Crippen LogP contribution in [0.15, 0.2) is 32.9 Å². The molecule has 0 spiro atoms. The minimum Gasteiger partial charge on any atom is -0.261 e. The molecule has 0 radical (unpaired) electrons. The highest BCUT2D eigenvalue weighted by Gasteiger charge is 2.09. The predicted octanol–water partition coefficient (Wildman–Crippen LogP) is 3.69. The maximum atomic E-state index is 6.10. The molecule has 0 saturated carbocycles. The van der Waals surface area contributed by atoms with E-state index in [9.17, 15) is 0 Å². The fraction of sp³-hybridized carbons (Fsp3) is 0.200. The third-order valence-corrected chi connectivity index (χ3v) is 3.88. The second kappa shape index (κ2) is 4.77. The summed E-state index contributed by atoms with van der Waals surface area (Å²) < 4.78 is 2.70. The summed E-state index contributed by atoms with van der Waals surface area (Å²) in [7, 11) is 1.90. The monoisotopic (exact) mass is 317 g/mol. The second-order valence-corrected chi connectivity index (χ2v) is 5.62. The van der Waals surface area contributed by atoms with Gasteiger partial charge in [-0.1, -0.05) is 11.6 Å². The van der Waals surface area contributed by atoms with Crippen molar-refractivity contribution >= 4 is 39.3 Å². The van der Waals surface area contributed by atoms with E-state index in [0.717, 1.165) is 20.2 Å². The van der Waals surface area contributed by atoms with Gasteiger partial charge in [0.25, 0.3) is 0 Å². The van der Waals surface area contributed by atoms with Crippen LogP contribution in [0, 0.1) is 6.92 Å². The molecule has 2 aromatic heterocycles. The number of aromatic nitrogens is 3. The van der Waals surface area contributed by atoms with Crippen LogP contribution in [-0.2, 0) is 7.05 Å². The van der Waals surface area contributed by atoms with E-state index >= 15 is 0 Å². The van der Waals surface area contributed by atoms with Gasteiger partial charge in [-0.05, 0) is 46.7 Å². The van der Waals surface area contributed by atoms with Crippen LogP contribution in [0.4, 0.5) is 0 Å². The van der Waals surface area contributed by atoms with E-state index in [1.807, 2.05) is 30.8 Å². The first kappa shape index (κ1) is 12.0. The van der Waals surface area contributed by atoms with Crippen LogP contribution in [0.5, 0.6) is 0 Å². The Balaban J connectivity index is 2.30. The van der Waals surface area contributed by atoms with Gasteiger partial charge in [-0.15, -0.1) is 0 Å².